The van der Waals surface area contributed by atoms with Gasteiger partial charge in [0.15, 0.2) is 0 Å². The van der Waals surface area contributed by atoms with Crippen molar-refractivity contribution in [2.75, 3.05) is 19.4 Å². The number of nitrogens with one attached hydrogen (secondary N) is 1. The predicted molar refractivity (Wildman–Crippen MR) is 106 cm³/mol. The molecule has 3 heterocycles. The van der Waals surface area contributed by atoms with Gasteiger partial charge in [0.2, 0.25) is 0 Å². The van der Waals surface area contributed by atoms with E-state index in [-0.39, 0.29) is 43.6 Å². The Labute approximate surface area is 220 Å². The maximum atomic E-state index is 12.3. The monoisotopic (exact) mass is 651 g/mol. The molecule has 0 bridgehead atoms. The van der Waals surface area contributed by atoms with Gasteiger partial charge in [0.1, 0.15) is 19.9 Å². The molecule has 7 unspecified atom stereocenters. The summed E-state index contributed by atoms with van der Waals surface area (Å²) in [5.41, 5.74) is -1.38. The van der Waals surface area contributed by atoms with Crippen LogP contribution in [0.5, 0.6) is 0 Å². The summed E-state index contributed by atoms with van der Waals surface area (Å²) in [6.45, 7) is -0.928. The Bertz CT molecular complexity index is 1030. The third-order valence-electron chi connectivity index (χ3n) is 4.92. The number of phosphoric ester groups is 1. The van der Waals surface area contributed by atoms with Crippen LogP contribution in [-0.4, -0.2) is 63.3 Å². The normalized spacial score (nSPS) is 31.0. The summed E-state index contributed by atoms with van der Waals surface area (Å²) in [5.74, 6) is 0. The molecule has 1 aromatic rings. The number of hydrogen-bond acceptors (Lipinski definition) is 11. The first-order valence-electron chi connectivity index (χ1n) is 9.46. The maximum absolute atomic E-state index is 12.3. The molecule has 0 amide bonds. The summed E-state index contributed by atoms with van der Waals surface area (Å²) < 4.78 is 44.2. The largest absolute Gasteiger partial charge is 0.778 e. The molecule has 2 saturated heterocycles. The van der Waals surface area contributed by atoms with E-state index >= 15 is 0 Å². The molecule has 7 atom stereocenters. The van der Waals surface area contributed by atoms with E-state index in [2.05, 4.69) is 25.4 Å². The fourth-order valence-electron chi connectivity index (χ4n) is 3.41. The number of aromatic amines is 1. The molecule has 2 aliphatic heterocycles. The molecule has 0 spiro atoms. The van der Waals surface area contributed by atoms with Crippen molar-refractivity contribution in [2.24, 2.45) is 0 Å². The van der Waals surface area contributed by atoms with Gasteiger partial charge in [0.25, 0.3) is 13.4 Å². The van der Waals surface area contributed by atoms with Gasteiger partial charge in [0, 0.05) is 51.5 Å². The standard InChI is InChI=1S/C15H23BrN2O12P2.Y/c16-10-4-18(15(21)17-14(10)20)13-3-11(19)12(30-13)6-27-31(22,23)7-9-2-1-8(29-9)5-28-32(24,25)26;/h4,8-9,11-13,19H,1-3,5-7H2,(H,22,23)(H,17,20,21)(H2,24,25,26);/p-2. The molecule has 3 N–H and O–H groups in total. The Kier molecular flexibility index (Phi) is 10.9. The van der Waals surface area contributed by atoms with Crippen molar-refractivity contribution in [1.29, 1.82) is 0 Å². The van der Waals surface area contributed by atoms with Gasteiger partial charge in [-0.05, 0) is 28.8 Å². The van der Waals surface area contributed by atoms with Gasteiger partial charge in [0.05, 0.1) is 36.0 Å². The van der Waals surface area contributed by atoms with Crippen LogP contribution in [0.25, 0.3) is 0 Å². The van der Waals surface area contributed by atoms with Gasteiger partial charge in [-0.1, -0.05) is 0 Å². The van der Waals surface area contributed by atoms with E-state index in [1.807, 2.05) is 0 Å². The van der Waals surface area contributed by atoms with E-state index in [9.17, 15) is 33.6 Å². The fourth-order valence-corrected chi connectivity index (χ4v) is 5.34. The first-order chi connectivity index (χ1) is 14.8. The first-order valence-corrected chi connectivity index (χ1v) is 13.5. The van der Waals surface area contributed by atoms with Crippen LogP contribution in [0.3, 0.4) is 0 Å². The van der Waals surface area contributed by atoms with Gasteiger partial charge in [-0.15, -0.1) is 0 Å². The van der Waals surface area contributed by atoms with Gasteiger partial charge < -0.3 is 42.9 Å². The van der Waals surface area contributed by atoms with E-state index in [1.165, 1.54) is 6.20 Å². The molecule has 185 valence electrons. The predicted octanol–water partition coefficient (Wildman–Crippen LogP) is -1.46. The number of rotatable bonds is 9. The van der Waals surface area contributed by atoms with Gasteiger partial charge in [-0.25, -0.2) is 4.79 Å². The molecule has 14 nitrogen and oxygen atoms in total. The van der Waals surface area contributed by atoms with Crippen LogP contribution < -0.4 is 21.0 Å². The Morgan fingerprint density at radius 2 is 1.85 bits per heavy atom. The smallest absolute Gasteiger partial charge is 0.330 e. The van der Waals surface area contributed by atoms with Crippen LogP contribution in [0, 0.1) is 0 Å². The quantitative estimate of drug-likeness (QED) is 0.261. The van der Waals surface area contributed by atoms with Crippen molar-refractivity contribution in [2.45, 2.75) is 49.9 Å². The number of nitrogens with zero attached hydrogens (tertiary/aromatic N) is 1. The third kappa shape index (κ3) is 8.78. The fraction of sp³-hybridized carbons (Fsp3) is 0.733. The van der Waals surface area contributed by atoms with E-state index in [1.54, 1.807) is 0 Å². The molecule has 1 aromatic heterocycles. The number of H-pyrrole nitrogens is 1. The topological polar surface area (TPSA) is 212 Å². The van der Waals surface area contributed by atoms with Crippen LogP contribution >= 0.6 is 31.3 Å². The molecule has 0 aliphatic carbocycles. The Hall–Kier alpha value is 0.404. The van der Waals surface area contributed by atoms with Crippen LogP contribution in [0.15, 0.2) is 20.3 Å². The average molecular weight is 652 g/mol. The van der Waals surface area contributed by atoms with Crippen LogP contribution in [0.2, 0.25) is 0 Å². The minimum Gasteiger partial charge on any atom is -0.778 e. The minimum absolute atomic E-state index is 0. The van der Waals surface area contributed by atoms with E-state index in [4.69, 9.17) is 18.9 Å². The maximum Gasteiger partial charge on any atom is 0.330 e. The first kappa shape index (κ1) is 29.6. The zero-order valence-electron chi connectivity index (χ0n) is 17.0. The average Bonchev–Trinajstić information content (AvgIpc) is 3.26. The minimum atomic E-state index is -4.89. The number of aliphatic hydroxyl groups excluding tert-OH is 1. The summed E-state index contributed by atoms with van der Waals surface area (Å²) >= 11 is 2.99. The number of halogens is 1. The zero-order valence-corrected chi connectivity index (χ0v) is 23.2. The summed E-state index contributed by atoms with van der Waals surface area (Å²) in [5, 5.41) is 10.2. The molecule has 18 heteroatoms. The second-order valence-corrected chi connectivity index (χ2v) is 11.3. The zero-order chi connectivity index (χ0) is 23.7. The van der Waals surface area contributed by atoms with Crippen LogP contribution in [-0.2, 0) is 60.4 Å². The Balaban J connectivity index is 0.00000385. The number of ether oxygens (including phenoxy) is 2. The van der Waals surface area contributed by atoms with Gasteiger partial charge >= 0.3 is 5.69 Å². The SMILES string of the molecule is O=c1[nH]c(=O)n(C2CC(O)C(COP(=O)([O-])CC3CCC(COP(=O)([O-])O)O3)O2)cc1Br.[Y]. The third-order valence-corrected chi connectivity index (χ3v) is 7.36. The second kappa shape index (κ2) is 12.1. The van der Waals surface area contributed by atoms with E-state index in [0.717, 1.165) is 4.57 Å². The van der Waals surface area contributed by atoms with Gasteiger partial charge in [-0.3, -0.25) is 18.9 Å². The van der Waals surface area contributed by atoms with Crippen molar-refractivity contribution in [3.05, 3.63) is 31.5 Å². The Morgan fingerprint density at radius 3 is 2.52 bits per heavy atom. The molecule has 0 saturated carbocycles. The van der Waals surface area contributed by atoms with Crippen molar-refractivity contribution in [1.82, 2.24) is 9.55 Å². The van der Waals surface area contributed by atoms with Crippen LogP contribution in [0.1, 0.15) is 25.5 Å². The van der Waals surface area contributed by atoms with Crippen molar-refractivity contribution in [3.63, 3.8) is 0 Å². The summed E-state index contributed by atoms with van der Waals surface area (Å²) in [6.07, 6.45) is -3.21. The summed E-state index contributed by atoms with van der Waals surface area (Å²) in [6, 6.07) is 0. The van der Waals surface area contributed by atoms with E-state index in [0.29, 0.717) is 12.8 Å². The van der Waals surface area contributed by atoms with E-state index < -0.39 is 76.7 Å². The molecule has 2 aliphatic rings. The molecule has 2 fully saturated rings. The van der Waals surface area contributed by atoms with Crippen molar-refractivity contribution in [3.8, 4) is 0 Å². The van der Waals surface area contributed by atoms with Gasteiger partial charge in [-0.2, -0.15) is 0 Å². The molecule has 3 rings (SSSR count). The Morgan fingerprint density at radius 1 is 1.18 bits per heavy atom. The molecule has 0 aromatic carbocycles. The number of hydrogen-bond donors (Lipinski definition) is 3. The molecular formula is C15H21BrN2O12P2Y-2. The number of phosphoric acid groups is 1. The second-order valence-electron chi connectivity index (χ2n) is 7.39. The molecule has 33 heavy (non-hydrogen) atoms. The van der Waals surface area contributed by atoms with Crippen molar-refractivity contribution >= 4 is 31.3 Å². The van der Waals surface area contributed by atoms with Crippen molar-refractivity contribution < 1.29 is 80.1 Å². The molecular weight excluding hydrogens is 631 g/mol. The number of aromatic nitrogens is 2. The summed E-state index contributed by atoms with van der Waals surface area (Å²) in [7, 11) is -9.30. The number of aliphatic hydroxyl groups is 1. The molecule has 1 radical (unpaired) electrons. The summed E-state index contributed by atoms with van der Waals surface area (Å²) in [4.78, 5) is 57.0. The van der Waals surface area contributed by atoms with Crippen LogP contribution in [0.4, 0.5) is 0 Å².